The number of ether oxygens (including phenoxy) is 2. The summed E-state index contributed by atoms with van der Waals surface area (Å²) in [7, 11) is 2.80. The van der Waals surface area contributed by atoms with Crippen LogP contribution in [-0.4, -0.2) is 14.2 Å². The number of hydrogen-bond acceptors (Lipinski definition) is 3. The fraction of sp³-hybridized carbons (Fsp3) is 0.419. The van der Waals surface area contributed by atoms with E-state index in [2.05, 4.69) is 236 Å². The average molecular weight is 2120 g/mol. The summed E-state index contributed by atoms with van der Waals surface area (Å²) in [5, 5.41) is 12.2. The van der Waals surface area contributed by atoms with E-state index in [9.17, 15) is 35.1 Å². The van der Waals surface area contributed by atoms with Crippen molar-refractivity contribution in [3.05, 3.63) is 420 Å². The predicted octanol–water partition coefficient (Wildman–Crippen LogP) is 42.4. The molecule has 12 aromatic carbocycles. The third-order valence-electron chi connectivity index (χ3n) is 23.0. The van der Waals surface area contributed by atoms with Gasteiger partial charge in [-0.2, -0.15) is 5.26 Å². The van der Waals surface area contributed by atoms with Gasteiger partial charge in [0.1, 0.15) is 35.1 Å². The van der Waals surface area contributed by atoms with Gasteiger partial charge in [0.2, 0.25) is 0 Å². The highest BCUT2D eigenvalue weighted by Crippen LogP contribution is 2.38. The molecule has 5 nitrogen and oxygen atoms in total. The topological polar surface area (TPSA) is 51.0 Å². The van der Waals surface area contributed by atoms with Crippen LogP contribution in [0.4, 0.5) is 46.5 Å². The Kier molecular flexibility index (Phi) is 52.7. The standard InChI is InChI=1S/2C12H18.C11H14F2O.C11H12FN.C11H15FO.2C11H13N.2C10H12Cl2.C10H13Cl.2C10H12F2/c1-9-6-7-11(8-10(9)2)12(3,4)5;1-9-6-7-11(10(2)8-9)12(3,4)5;1-11(2,3)7-5-6-8(12)10(14-4)9(7)13;1-11(2,3)9-5-4-6-10(12)8(9)7-13;1-11(2,3)8-5-9(12)7-10(6-8)13-4;1-11(2,3)9-5-7-10(12-4)8-6-9;1-11(2,3)9-6-5-7-10(8-9)12-4;1-10(2,3)7-4-8(11)6-9(12)5-7;1-10(2,3)7-4-5-8(11)9(12)6-7;1-10(2,3)8-5-4-6-9(11)7-8;1-10(2,3)7-4-8(11)6-9(12)5-7;1-10(2,3)7-4-5-8(11)9(12)6-7/h2*6-8H,1-5H3;5-6H,1-4H3;4-6H,1-3H3;5-7H,1-4H3;2*5-8H,1-3H3;2*4-6H,1-3H3;4-7H,1-3H3;2*4-6H,1-3H3. The molecular weight excluding hydrogens is 1950 g/mol. The fourth-order valence-electron chi connectivity index (χ4n) is 13.5. The Bertz CT molecular complexity index is 6070. The molecule has 18 heteroatoms. The third kappa shape index (κ3) is 49.7. The van der Waals surface area contributed by atoms with Gasteiger partial charge in [-0.15, -0.1) is 0 Å². The molecule has 0 atom stereocenters. The molecule has 12 rings (SSSR count). The summed E-state index contributed by atoms with van der Waals surface area (Å²) in [5.41, 5.74) is 20.2. The lowest BCUT2D eigenvalue weighted by atomic mass is 9.84. The molecule has 0 unspecified atom stereocenters. The number of nitriles is 1. The molecule has 0 amide bonds. The highest BCUT2D eigenvalue weighted by atomic mass is 35.5. The van der Waals surface area contributed by atoms with Gasteiger partial charge in [0.25, 0.3) is 0 Å². The smallest absolute Gasteiger partial charge is 0.190 e. The highest BCUT2D eigenvalue weighted by Gasteiger charge is 2.27. The molecule has 0 spiro atoms. The summed E-state index contributed by atoms with van der Waals surface area (Å²) in [6, 6.07) is 70.1. The summed E-state index contributed by atoms with van der Waals surface area (Å²) in [6.07, 6.45) is 0. The summed E-state index contributed by atoms with van der Waals surface area (Å²) < 4.78 is 113. The molecule has 798 valence electrons. The van der Waals surface area contributed by atoms with E-state index >= 15 is 0 Å². The minimum absolute atomic E-state index is 0.0462. The number of aryl methyl sites for hydroxylation is 4. The molecule has 0 aliphatic carbocycles. The first-order valence-electron chi connectivity index (χ1n) is 49.1. The second kappa shape index (κ2) is 57.6. The van der Waals surface area contributed by atoms with Gasteiger partial charge < -0.3 is 9.47 Å². The molecule has 0 aromatic heterocycles. The Morgan fingerprint density at radius 2 is 0.633 bits per heavy atom. The molecule has 0 radical (unpaired) electrons. The van der Waals surface area contributed by atoms with Crippen molar-refractivity contribution in [2.75, 3.05) is 14.2 Å². The van der Waals surface area contributed by atoms with Crippen molar-refractivity contribution in [2.45, 2.75) is 342 Å². The number of hydrogen-bond donors (Lipinski definition) is 0. The van der Waals surface area contributed by atoms with Gasteiger partial charge in [0.05, 0.1) is 43.0 Å². The SMILES string of the molecule is CC(C)(C)c1cc(Cl)cc(Cl)c1.CC(C)(C)c1cc(F)cc(F)c1.CC(C)(C)c1ccc(Cl)c(Cl)c1.CC(C)(C)c1ccc(F)c(F)c1.CC(C)(C)c1cccc(Cl)c1.CC(C)(C)c1cccc(F)c1C#N.COc1c(F)ccc(C(C)(C)C)c1F.COc1cc(F)cc(C(C)(C)C)c1.Cc1ccc(C(C)(C)C)c(C)c1.Cc1ccc(C(C)(C)C)cc1C.[C-]#[N+]c1ccc(C(C)(C)C)cc1.[C-]#[N+]c1cccc(C(C)(C)C)c1. The van der Waals surface area contributed by atoms with Crippen molar-refractivity contribution in [1.29, 1.82) is 5.26 Å². The zero-order valence-corrected chi connectivity index (χ0v) is 99.3. The lowest BCUT2D eigenvalue weighted by molar-refractivity contribution is 0.352. The van der Waals surface area contributed by atoms with Gasteiger partial charge in [-0.3, -0.25) is 0 Å². The summed E-state index contributed by atoms with van der Waals surface area (Å²) in [5.74, 6) is -4.29. The van der Waals surface area contributed by atoms with Crippen LogP contribution in [0.1, 0.15) is 344 Å². The van der Waals surface area contributed by atoms with Crippen LogP contribution in [0, 0.1) is 98.7 Å². The molecule has 0 aliphatic rings. The molecule has 0 saturated heterocycles. The number of benzene rings is 12. The summed E-state index contributed by atoms with van der Waals surface area (Å²) in [6.45, 7) is 97.4. The Morgan fingerprint density at radius 3 is 1.02 bits per heavy atom. The second-order valence-corrected chi connectivity index (χ2v) is 50.7. The first-order chi connectivity index (χ1) is 66.8. The van der Waals surface area contributed by atoms with Crippen molar-refractivity contribution in [1.82, 2.24) is 0 Å². The largest absolute Gasteiger partial charge is 0.497 e. The quantitative estimate of drug-likeness (QED) is 0.128. The van der Waals surface area contributed by atoms with Crippen LogP contribution >= 0.6 is 58.0 Å². The fourth-order valence-corrected chi connectivity index (χ4v) is 14.5. The molecule has 12 aromatic rings. The Labute approximate surface area is 906 Å². The van der Waals surface area contributed by atoms with Crippen LogP contribution in [0.25, 0.3) is 9.69 Å². The second-order valence-electron chi connectivity index (χ2n) is 48.6. The van der Waals surface area contributed by atoms with Gasteiger partial charge in [0, 0.05) is 27.2 Å². The number of methoxy groups -OCH3 is 2. The monoisotopic (exact) mass is 2110 g/mol. The molecule has 0 bridgehead atoms. The first kappa shape index (κ1) is 135. The van der Waals surface area contributed by atoms with E-state index in [1.165, 1.54) is 111 Å². The van der Waals surface area contributed by atoms with E-state index in [1.54, 1.807) is 37.4 Å². The molecule has 0 aliphatic heterocycles. The molecule has 0 heterocycles. The van der Waals surface area contributed by atoms with Crippen molar-refractivity contribution < 1.29 is 44.6 Å². The highest BCUT2D eigenvalue weighted by molar-refractivity contribution is 6.42. The van der Waals surface area contributed by atoms with Gasteiger partial charge >= 0.3 is 0 Å². The van der Waals surface area contributed by atoms with Crippen molar-refractivity contribution in [3.63, 3.8) is 0 Å². The molecule has 0 fully saturated rings. The number of nitrogens with zero attached hydrogens (tertiary/aromatic N) is 3. The third-order valence-corrected chi connectivity index (χ3v) is 24.4. The van der Waals surface area contributed by atoms with E-state index in [0.717, 1.165) is 39.5 Å². The minimum atomic E-state index is -0.789. The summed E-state index contributed by atoms with van der Waals surface area (Å²) >= 11 is 29.3. The molecule has 0 saturated carbocycles. The zero-order chi connectivity index (χ0) is 114. The number of halogens is 13. The normalized spacial score (nSPS) is 11.5. The first-order valence-corrected chi connectivity index (χ1v) is 51.0. The molecule has 147 heavy (non-hydrogen) atoms. The Morgan fingerprint density at radius 1 is 0.259 bits per heavy atom. The van der Waals surface area contributed by atoms with E-state index in [4.69, 9.17) is 81.1 Å². The lowest BCUT2D eigenvalue weighted by Crippen LogP contribution is -2.14. The Balaban J connectivity index is 0.000000802. The van der Waals surface area contributed by atoms with Gasteiger partial charge in [-0.1, -0.05) is 446 Å². The average Bonchev–Trinajstić information content (AvgIpc) is 0.802. The zero-order valence-electron chi connectivity index (χ0n) is 95.5. The van der Waals surface area contributed by atoms with Crippen LogP contribution < -0.4 is 9.47 Å². The maximum atomic E-state index is 13.7. The maximum Gasteiger partial charge on any atom is 0.190 e. The van der Waals surface area contributed by atoms with Crippen molar-refractivity contribution in [2.24, 2.45) is 0 Å². The van der Waals surface area contributed by atoms with Crippen molar-refractivity contribution in [3.8, 4) is 17.6 Å². The van der Waals surface area contributed by atoms with Crippen LogP contribution in [0.2, 0.25) is 25.1 Å². The van der Waals surface area contributed by atoms with Gasteiger partial charge in [-0.25, -0.2) is 44.8 Å². The predicted molar refractivity (Wildman–Crippen MR) is 616 cm³/mol. The van der Waals surface area contributed by atoms with E-state index in [1.807, 2.05) is 207 Å². The van der Waals surface area contributed by atoms with Crippen LogP contribution in [0.15, 0.2) is 231 Å². The van der Waals surface area contributed by atoms with Crippen molar-refractivity contribution >= 4 is 69.4 Å². The van der Waals surface area contributed by atoms with E-state index < -0.39 is 40.7 Å². The minimum Gasteiger partial charge on any atom is -0.497 e. The molecule has 0 N–H and O–H groups in total. The van der Waals surface area contributed by atoms with Gasteiger partial charge in [-0.05, 0) is 262 Å². The van der Waals surface area contributed by atoms with Gasteiger partial charge in [0.15, 0.2) is 40.4 Å². The maximum absolute atomic E-state index is 13.7. The molecular formula is C129H164Cl5F8N3O2. The van der Waals surface area contributed by atoms with Crippen LogP contribution in [0.3, 0.4) is 0 Å². The Hall–Kier alpha value is -10.4. The summed E-state index contributed by atoms with van der Waals surface area (Å²) in [4.78, 5) is 6.74. The van der Waals surface area contributed by atoms with E-state index in [-0.39, 0.29) is 82.1 Å². The van der Waals surface area contributed by atoms with Crippen LogP contribution in [0.5, 0.6) is 11.5 Å². The van der Waals surface area contributed by atoms with Crippen LogP contribution in [-0.2, 0) is 65.0 Å². The lowest BCUT2D eigenvalue weighted by Gasteiger charge is -2.21. The number of rotatable bonds is 2. The van der Waals surface area contributed by atoms with E-state index in [0.29, 0.717) is 42.7 Å².